The molecule has 4 heteroatoms. The maximum atomic E-state index is 13.9. The van der Waals surface area contributed by atoms with Gasteiger partial charge in [-0.15, -0.1) is 0 Å². The van der Waals surface area contributed by atoms with Crippen molar-refractivity contribution in [3.8, 4) is 0 Å². The summed E-state index contributed by atoms with van der Waals surface area (Å²) in [5, 5.41) is 3.57. The van der Waals surface area contributed by atoms with E-state index in [0.29, 0.717) is 30.1 Å². The van der Waals surface area contributed by atoms with E-state index in [-0.39, 0.29) is 0 Å². The minimum Gasteiger partial charge on any atom is -0.311 e. The van der Waals surface area contributed by atoms with E-state index in [9.17, 15) is 8.78 Å². The van der Waals surface area contributed by atoms with Crippen molar-refractivity contribution in [2.24, 2.45) is 5.92 Å². The maximum Gasteiger partial charge on any atom is 0.163 e. The lowest BCUT2D eigenvalue weighted by Crippen LogP contribution is -2.57. The molecule has 2 rings (SSSR count). The number of nitrogens with one attached hydrogen (secondary N) is 1. The second kappa shape index (κ2) is 7.32. The van der Waals surface area contributed by atoms with Gasteiger partial charge in [0.15, 0.2) is 11.6 Å². The minimum absolute atomic E-state index is 0.375. The van der Waals surface area contributed by atoms with Crippen molar-refractivity contribution in [1.29, 1.82) is 0 Å². The highest BCUT2D eigenvalue weighted by Crippen LogP contribution is 2.23. The van der Waals surface area contributed by atoms with Gasteiger partial charge in [-0.1, -0.05) is 39.3 Å². The van der Waals surface area contributed by atoms with Gasteiger partial charge in [0.2, 0.25) is 0 Å². The third kappa shape index (κ3) is 3.80. The van der Waals surface area contributed by atoms with Gasteiger partial charge < -0.3 is 5.32 Å². The summed E-state index contributed by atoms with van der Waals surface area (Å²) in [5.74, 6) is -0.923. The van der Waals surface area contributed by atoms with Crippen LogP contribution in [0.2, 0.25) is 0 Å². The van der Waals surface area contributed by atoms with Crippen LogP contribution < -0.4 is 5.32 Å². The predicted molar refractivity (Wildman–Crippen MR) is 82.1 cm³/mol. The molecule has 1 aliphatic rings. The molecule has 1 aromatic carbocycles. The molecule has 0 saturated carbocycles. The molecule has 0 aliphatic carbocycles. The third-order valence-corrected chi connectivity index (χ3v) is 4.74. The zero-order chi connectivity index (χ0) is 15.4. The molecule has 3 atom stereocenters. The van der Waals surface area contributed by atoms with Gasteiger partial charge in [0.25, 0.3) is 0 Å². The van der Waals surface area contributed by atoms with Crippen LogP contribution in [-0.4, -0.2) is 30.1 Å². The van der Waals surface area contributed by atoms with E-state index in [1.54, 1.807) is 12.1 Å². The largest absolute Gasteiger partial charge is 0.311 e. The number of benzene rings is 1. The molecular weight excluding hydrogens is 270 g/mol. The van der Waals surface area contributed by atoms with Crippen molar-refractivity contribution in [2.75, 3.05) is 13.1 Å². The molecule has 1 saturated heterocycles. The van der Waals surface area contributed by atoms with E-state index in [4.69, 9.17) is 0 Å². The number of hydrogen-bond acceptors (Lipinski definition) is 2. The summed E-state index contributed by atoms with van der Waals surface area (Å²) < 4.78 is 27.3. The number of rotatable bonds is 5. The first-order chi connectivity index (χ1) is 10.1. The maximum absolute atomic E-state index is 13.9. The Hall–Kier alpha value is -1.00. The molecule has 21 heavy (non-hydrogen) atoms. The second-order valence-electron chi connectivity index (χ2n) is 6.11. The molecule has 0 radical (unpaired) electrons. The predicted octanol–water partition coefficient (Wildman–Crippen LogP) is 3.56. The van der Waals surface area contributed by atoms with Gasteiger partial charge in [0.1, 0.15) is 0 Å². The fourth-order valence-corrected chi connectivity index (χ4v) is 3.08. The third-order valence-electron chi connectivity index (χ3n) is 4.74. The average molecular weight is 296 g/mol. The Morgan fingerprint density at radius 1 is 1.33 bits per heavy atom. The van der Waals surface area contributed by atoms with Gasteiger partial charge in [-0.2, -0.15) is 0 Å². The quantitative estimate of drug-likeness (QED) is 0.893. The van der Waals surface area contributed by atoms with E-state index in [2.05, 4.69) is 31.0 Å². The van der Waals surface area contributed by atoms with Gasteiger partial charge >= 0.3 is 0 Å². The number of halogens is 2. The molecule has 1 aliphatic heterocycles. The summed E-state index contributed by atoms with van der Waals surface area (Å²) in [7, 11) is 0. The second-order valence-corrected chi connectivity index (χ2v) is 6.11. The standard InChI is InChI=1S/C17H26F2N2/c1-4-12(3)16-9-20-14(5-2)11-21(16)10-13-7-6-8-15(18)17(13)19/h6-8,12,14,16,20H,4-5,9-11H2,1-3H3. The van der Waals surface area contributed by atoms with E-state index >= 15 is 0 Å². The number of piperazine rings is 1. The summed E-state index contributed by atoms with van der Waals surface area (Å²) >= 11 is 0. The van der Waals surface area contributed by atoms with Crippen LogP contribution in [0.15, 0.2) is 18.2 Å². The van der Waals surface area contributed by atoms with Crippen molar-refractivity contribution in [1.82, 2.24) is 10.2 Å². The van der Waals surface area contributed by atoms with Crippen LogP contribution in [0.25, 0.3) is 0 Å². The van der Waals surface area contributed by atoms with Crippen LogP contribution in [-0.2, 0) is 6.54 Å². The Morgan fingerprint density at radius 2 is 2.10 bits per heavy atom. The van der Waals surface area contributed by atoms with E-state index < -0.39 is 11.6 Å². The first-order valence-electron chi connectivity index (χ1n) is 7.97. The minimum atomic E-state index is -0.755. The topological polar surface area (TPSA) is 15.3 Å². The Kier molecular flexibility index (Phi) is 5.71. The fourth-order valence-electron chi connectivity index (χ4n) is 3.08. The summed E-state index contributed by atoms with van der Waals surface area (Å²) in [6.07, 6.45) is 2.14. The van der Waals surface area contributed by atoms with E-state index in [1.165, 1.54) is 6.07 Å². The number of hydrogen-bond donors (Lipinski definition) is 1. The zero-order valence-corrected chi connectivity index (χ0v) is 13.2. The summed E-state index contributed by atoms with van der Waals surface area (Å²) in [6.45, 7) is 8.86. The highest BCUT2D eigenvalue weighted by Gasteiger charge is 2.30. The molecule has 0 bridgehead atoms. The fraction of sp³-hybridized carbons (Fsp3) is 0.647. The van der Waals surface area contributed by atoms with Gasteiger partial charge in [-0.3, -0.25) is 4.90 Å². The summed E-state index contributed by atoms with van der Waals surface area (Å²) in [5.41, 5.74) is 0.458. The molecule has 1 fully saturated rings. The van der Waals surface area contributed by atoms with Crippen LogP contribution in [0, 0.1) is 17.6 Å². The first-order valence-corrected chi connectivity index (χ1v) is 7.97. The summed E-state index contributed by atoms with van der Waals surface area (Å²) in [4.78, 5) is 2.32. The van der Waals surface area contributed by atoms with Gasteiger partial charge in [0.05, 0.1) is 0 Å². The van der Waals surface area contributed by atoms with Crippen molar-refractivity contribution >= 4 is 0 Å². The highest BCUT2D eigenvalue weighted by molar-refractivity contribution is 5.19. The first kappa shape index (κ1) is 16.4. The van der Waals surface area contributed by atoms with Crippen LogP contribution in [0.3, 0.4) is 0 Å². The monoisotopic (exact) mass is 296 g/mol. The molecule has 1 heterocycles. The Morgan fingerprint density at radius 3 is 2.76 bits per heavy atom. The van der Waals surface area contributed by atoms with E-state index in [0.717, 1.165) is 25.9 Å². The van der Waals surface area contributed by atoms with Gasteiger partial charge in [0, 0.05) is 37.3 Å². The molecule has 118 valence electrons. The smallest absolute Gasteiger partial charge is 0.163 e. The van der Waals surface area contributed by atoms with Crippen LogP contribution in [0.4, 0.5) is 8.78 Å². The lowest BCUT2D eigenvalue weighted by molar-refractivity contribution is 0.0820. The lowest BCUT2D eigenvalue weighted by Gasteiger charge is -2.43. The van der Waals surface area contributed by atoms with Crippen molar-refractivity contribution < 1.29 is 8.78 Å². The highest BCUT2D eigenvalue weighted by atomic mass is 19.2. The molecule has 0 spiro atoms. The van der Waals surface area contributed by atoms with Crippen molar-refractivity contribution in [3.63, 3.8) is 0 Å². The van der Waals surface area contributed by atoms with Crippen molar-refractivity contribution in [2.45, 2.75) is 52.2 Å². The molecule has 3 unspecified atom stereocenters. The lowest BCUT2D eigenvalue weighted by atomic mass is 9.93. The summed E-state index contributed by atoms with van der Waals surface area (Å²) in [6, 6.07) is 5.26. The van der Waals surface area contributed by atoms with Crippen LogP contribution in [0.1, 0.15) is 39.2 Å². The molecule has 1 aromatic rings. The average Bonchev–Trinajstić information content (AvgIpc) is 2.51. The normalized spacial score (nSPS) is 25.0. The number of nitrogens with zero attached hydrogens (tertiary/aromatic N) is 1. The van der Waals surface area contributed by atoms with E-state index in [1.807, 2.05) is 0 Å². The Bertz CT molecular complexity index is 464. The Balaban J connectivity index is 2.17. The molecule has 0 amide bonds. The zero-order valence-electron chi connectivity index (χ0n) is 13.2. The molecule has 0 aromatic heterocycles. The Labute approximate surface area is 126 Å². The van der Waals surface area contributed by atoms with Crippen LogP contribution >= 0.6 is 0 Å². The van der Waals surface area contributed by atoms with Gasteiger partial charge in [-0.25, -0.2) is 8.78 Å². The molecule has 2 nitrogen and oxygen atoms in total. The molecular formula is C17H26F2N2. The SMILES string of the molecule is CCC1CN(Cc2cccc(F)c2F)C(C(C)CC)CN1. The van der Waals surface area contributed by atoms with Gasteiger partial charge in [-0.05, 0) is 18.4 Å². The molecule has 1 N–H and O–H groups in total. The van der Waals surface area contributed by atoms with Crippen LogP contribution in [0.5, 0.6) is 0 Å². The van der Waals surface area contributed by atoms with Crippen molar-refractivity contribution in [3.05, 3.63) is 35.4 Å².